The number of urea groups is 1. The Morgan fingerprint density at radius 3 is 2.71 bits per heavy atom. The van der Waals surface area contributed by atoms with Crippen molar-refractivity contribution in [2.45, 2.75) is 82.0 Å². The van der Waals surface area contributed by atoms with Crippen molar-refractivity contribution in [3.05, 3.63) is 34.9 Å². The molecule has 198 valence electrons. The van der Waals surface area contributed by atoms with Gasteiger partial charge < -0.3 is 30.9 Å². The van der Waals surface area contributed by atoms with Crippen molar-refractivity contribution < 1.29 is 19.7 Å². The third-order valence-electron chi connectivity index (χ3n) is 7.97. The molecule has 1 saturated carbocycles. The van der Waals surface area contributed by atoms with E-state index in [1.807, 2.05) is 24.3 Å². The summed E-state index contributed by atoms with van der Waals surface area (Å²) in [5.74, 6) is 0.0642. The van der Waals surface area contributed by atoms with E-state index in [-0.39, 0.29) is 24.4 Å². The van der Waals surface area contributed by atoms with E-state index < -0.39 is 17.7 Å². The first-order chi connectivity index (χ1) is 16.9. The standard InChI is InChI=1S/C27H44ClN3O4/c1-35-16-6-5-14-27(34,21-11-7-13-23(28)17-21)22-12-8-15-31(19-22)26(33)30-24(18-29)25(32)20-9-3-2-4-10-20/h7,11,13,17,20,22,24-25,32,34H,2-6,8-10,12,14-16,18-19,29H2,1H3,(H,30,33)/t22-,24-,25-,27-/m1/s1. The Morgan fingerprint density at radius 1 is 1.26 bits per heavy atom. The lowest BCUT2D eigenvalue weighted by Gasteiger charge is -2.43. The lowest BCUT2D eigenvalue weighted by Crippen LogP contribution is -2.57. The molecule has 1 saturated heterocycles. The summed E-state index contributed by atoms with van der Waals surface area (Å²) in [4.78, 5) is 15.0. The lowest BCUT2D eigenvalue weighted by molar-refractivity contribution is -0.0566. The van der Waals surface area contributed by atoms with Gasteiger partial charge in [-0.1, -0.05) is 43.0 Å². The molecule has 4 atom stereocenters. The normalized spacial score (nSPS) is 22.9. The molecule has 2 fully saturated rings. The molecule has 1 aromatic rings. The van der Waals surface area contributed by atoms with Gasteiger partial charge in [0.05, 0.1) is 17.7 Å². The van der Waals surface area contributed by atoms with Crippen LogP contribution in [-0.4, -0.2) is 66.6 Å². The first-order valence-electron chi connectivity index (χ1n) is 13.3. The summed E-state index contributed by atoms with van der Waals surface area (Å²) < 4.78 is 5.19. The van der Waals surface area contributed by atoms with Crippen LogP contribution in [0.25, 0.3) is 0 Å². The molecule has 1 aromatic carbocycles. The van der Waals surface area contributed by atoms with Crippen molar-refractivity contribution in [2.75, 3.05) is 33.4 Å². The van der Waals surface area contributed by atoms with Crippen LogP contribution in [0, 0.1) is 11.8 Å². The van der Waals surface area contributed by atoms with Crippen LogP contribution in [0.4, 0.5) is 4.79 Å². The van der Waals surface area contributed by atoms with Crippen LogP contribution in [0.1, 0.15) is 69.8 Å². The van der Waals surface area contributed by atoms with Gasteiger partial charge in [-0.2, -0.15) is 0 Å². The summed E-state index contributed by atoms with van der Waals surface area (Å²) in [6.07, 6.45) is 8.64. The summed E-state index contributed by atoms with van der Waals surface area (Å²) >= 11 is 6.28. The fraction of sp³-hybridized carbons (Fsp3) is 0.741. The number of piperidine rings is 1. The van der Waals surface area contributed by atoms with Crippen LogP contribution in [0.15, 0.2) is 24.3 Å². The predicted octanol–water partition coefficient (Wildman–Crippen LogP) is 4.03. The lowest BCUT2D eigenvalue weighted by atomic mass is 9.74. The monoisotopic (exact) mass is 509 g/mol. The third-order valence-corrected chi connectivity index (χ3v) is 8.21. The molecule has 2 amide bonds. The van der Waals surface area contributed by atoms with Gasteiger partial charge in [-0.3, -0.25) is 0 Å². The first-order valence-corrected chi connectivity index (χ1v) is 13.7. The van der Waals surface area contributed by atoms with Crippen LogP contribution < -0.4 is 11.1 Å². The number of ether oxygens (including phenoxy) is 1. The van der Waals surface area contributed by atoms with Crippen molar-refractivity contribution >= 4 is 17.6 Å². The minimum absolute atomic E-state index is 0.123. The SMILES string of the molecule is COCCCC[C@@](O)(c1cccc(Cl)c1)[C@@H]1CCCN(C(=O)N[C@H](CN)[C@H](O)C2CCCCC2)C1. The van der Waals surface area contributed by atoms with E-state index in [2.05, 4.69) is 5.32 Å². The van der Waals surface area contributed by atoms with Crippen LogP contribution in [0.5, 0.6) is 0 Å². The number of aliphatic hydroxyl groups excluding tert-OH is 1. The van der Waals surface area contributed by atoms with Crippen molar-refractivity contribution in [3.8, 4) is 0 Å². The highest BCUT2D eigenvalue weighted by Crippen LogP contribution is 2.40. The quantitative estimate of drug-likeness (QED) is 0.337. The average molecular weight is 510 g/mol. The van der Waals surface area contributed by atoms with Crippen LogP contribution >= 0.6 is 11.6 Å². The Kier molecular flexibility index (Phi) is 11.1. The molecule has 0 aromatic heterocycles. The molecular formula is C27H44ClN3O4. The Labute approximate surface area is 215 Å². The summed E-state index contributed by atoms with van der Waals surface area (Å²) in [6, 6.07) is 6.75. The molecule has 3 rings (SSSR count). The molecule has 5 N–H and O–H groups in total. The highest BCUT2D eigenvalue weighted by atomic mass is 35.5. The Morgan fingerprint density at radius 2 is 2.03 bits per heavy atom. The second-order valence-corrected chi connectivity index (χ2v) is 10.8. The van der Waals surface area contributed by atoms with Crippen LogP contribution in [0.2, 0.25) is 5.02 Å². The molecule has 8 heteroatoms. The Bertz CT molecular complexity index is 791. The Balaban J connectivity index is 1.69. The number of carbonyl (C=O) groups excluding carboxylic acids is 1. The number of halogens is 1. The van der Waals surface area contributed by atoms with Gasteiger partial charge in [-0.15, -0.1) is 0 Å². The van der Waals surface area contributed by atoms with Gasteiger partial charge in [0, 0.05) is 44.3 Å². The number of rotatable bonds is 11. The number of hydrogen-bond donors (Lipinski definition) is 4. The summed E-state index contributed by atoms with van der Waals surface area (Å²) in [5, 5.41) is 26.5. The topological polar surface area (TPSA) is 108 Å². The number of benzene rings is 1. The molecule has 0 bridgehead atoms. The van der Waals surface area contributed by atoms with Gasteiger partial charge in [0.25, 0.3) is 0 Å². The number of methoxy groups -OCH3 is 1. The summed E-state index contributed by atoms with van der Waals surface area (Å²) in [7, 11) is 1.68. The van der Waals surface area contributed by atoms with E-state index in [1.165, 1.54) is 6.42 Å². The molecule has 0 radical (unpaired) electrons. The highest BCUT2D eigenvalue weighted by Gasteiger charge is 2.41. The van der Waals surface area contributed by atoms with Crippen LogP contribution in [0.3, 0.4) is 0 Å². The van der Waals surface area contributed by atoms with Gasteiger partial charge in [0.15, 0.2) is 0 Å². The number of nitrogens with two attached hydrogens (primary N) is 1. The van der Waals surface area contributed by atoms with Gasteiger partial charge in [0.1, 0.15) is 0 Å². The first kappa shape index (κ1) is 28.2. The van der Waals surface area contributed by atoms with Gasteiger partial charge in [0.2, 0.25) is 0 Å². The largest absolute Gasteiger partial charge is 0.391 e. The molecule has 2 aliphatic rings. The maximum atomic E-state index is 13.2. The highest BCUT2D eigenvalue weighted by molar-refractivity contribution is 6.30. The molecule has 0 unspecified atom stereocenters. The molecule has 1 aliphatic heterocycles. The van der Waals surface area contributed by atoms with Crippen molar-refractivity contribution in [1.29, 1.82) is 0 Å². The number of aliphatic hydroxyl groups is 2. The molecule has 35 heavy (non-hydrogen) atoms. The number of amides is 2. The number of nitrogens with zero attached hydrogens (tertiary/aromatic N) is 1. The number of likely N-dealkylation sites (tertiary alicyclic amines) is 1. The zero-order chi connectivity index (χ0) is 25.3. The fourth-order valence-corrected chi connectivity index (χ4v) is 6.06. The second kappa shape index (κ2) is 13.8. The van der Waals surface area contributed by atoms with Crippen molar-refractivity contribution in [3.63, 3.8) is 0 Å². The van der Waals surface area contributed by atoms with E-state index in [0.717, 1.165) is 56.9 Å². The molecular weight excluding hydrogens is 466 g/mol. The number of unbranched alkanes of at least 4 members (excludes halogenated alkanes) is 1. The zero-order valence-corrected chi connectivity index (χ0v) is 21.9. The van der Waals surface area contributed by atoms with Gasteiger partial charge in [-0.25, -0.2) is 4.79 Å². The van der Waals surface area contributed by atoms with E-state index in [4.69, 9.17) is 22.1 Å². The number of hydrogen-bond acceptors (Lipinski definition) is 5. The maximum Gasteiger partial charge on any atom is 0.317 e. The minimum atomic E-state index is -1.09. The fourth-order valence-electron chi connectivity index (χ4n) is 5.87. The molecule has 7 nitrogen and oxygen atoms in total. The molecule has 0 spiro atoms. The Hall–Kier alpha value is -1.38. The second-order valence-electron chi connectivity index (χ2n) is 10.4. The predicted molar refractivity (Wildman–Crippen MR) is 139 cm³/mol. The van der Waals surface area contributed by atoms with Crippen molar-refractivity contribution in [1.82, 2.24) is 10.2 Å². The van der Waals surface area contributed by atoms with Gasteiger partial charge in [-0.05, 0) is 68.6 Å². The minimum Gasteiger partial charge on any atom is -0.391 e. The average Bonchev–Trinajstić information content (AvgIpc) is 2.89. The molecule has 1 aliphatic carbocycles. The summed E-state index contributed by atoms with van der Waals surface area (Å²) in [6.45, 7) is 1.91. The maximum absolute atomic E-state index is 13.2. The third kappa shape index (κ3) is 7.56. The van der Waals surface area contributed by atoms with Crippen molar-refractivity contribution in [2.24, 2.45) is 17.6 Å². The van der Waals surface area contributed by atoms with Gasteiger partial charge >= 0.3 is 6.03 Å². The van der Waals surface area contributed by atoms with E-state index in [0.29, 0.717) is 31.1 Å². The van der Waals surface area contributed by atoms with E-state index in [9.17, 15) is 15.0 Å². The number of carbonyl (C=O) groups is 1. The van der Waals surface area contributed by atoms with E-state index >= 15 is 0 Å². The summed E-state index contributed by atoms with van der Waals surface area (Å²) in [5.41, 5.74) is 5.67. The smallest absolute Gasteiger partial charge is 0.317 e. The number of nitrogens with one attached hydrogen (secondary N) is 1. The molecule has 1 heterocycles. The zero-order valence-electron chi connectivity index (χ0n) is 21.1. The van der Waals surface area contributed by atoms with E-state index in [1.54, 1.807) is 12.0 Å². The van der Waals surface area contributed by atoms with Crippen LogP contribution in [-0.2, 0) is 10.3 Å².